The number of halogens is 2. The molecule has 0 aliphatic heterocycles. The van der Waals surface area contributed by atoms with Crippen molar-refractivity contribution in [3.63, 3.8) is 0 Å². The molecule has 3 unspecified atom stereocenters. The smallest absolute Gasteiger partial charge is 0.128 e. The molecule has 1 aromatic carbocycles. The van der Waals surface area contributed by atoms with E-state index in [1.807, 2.05) is 6.92 Å². The van der Waals surface area contributed by atoms with Crippen molar-refractivity contribution in [2.24, 2.45) is 5.92 Å². The molecule has 3 atom stereocenters. The van der Waals surface area contributed by atoms with Gasteiger partial charge in [-0.05, 0) is 50.3 Å². The van der Waals surface area contributed by atoms with Crippen LogP contribution in [0, 0.1) is 17.6 Å². The number of hydrogen-bond donors (Lipinski definition) is 1. The van der Waals surface area contributed by atoms with Gasteiger partial charge in [-0.3, -0.25) is 0 Å². The Morgan fingerprint density at radius 2 is 2.00 bits per heavy atom. The highest BCUT2D eigenvalue weighted by molar-refractivity contribution is 5.21. The quantitative estimate of drug-likeness (QED) is 0.768. The Morgan fingerprint density at radius 3 is 2.75 bits per heavy atom. The van der Waals surface area contributed by atoms with Crippen molar-refractivity contribution in [2.75, 3.05) is 0 Å². The van der Waals surface area contributed by atoms with Crippen LogP contribution < -0.4 is 5.32 Å². The van der Waals surface area contributed by atoms with E-state index in [-0.39, 0.29) is 17.7 Å². The molecule has 0 aromatic heterocycles. The number of benzene rings is 1. The summed E-state index contributed by atoms with van der Waals surface area (Å²) in [5.41, 5.74) is 0.432. The third-order valence-corrected chi connectivity index (χ3v) is 4.58. The fourth-order valence-electron chi connectivity index (χ4n) is 3.24. The van der Waals surface area contributed by atoms with E-state index in [4.69, 9.17) is 0 Å². The van der Waals surface area contributed by atoms with Gasteiger partial charge in [-0.15, -0.1) is 0 Å². The Labute approximate surface area is 120 Å². The molecule has 0 bridgehead atoms. The lowest BCUT2D eigenvalue weighted by atomic mass is 9.97. The highest BCUT2D eigenvalue weighted by Crippen LogP contribution is 2.27. The van der Waals surface area contributed by atoms with Gasteiger partial charge in [-0.25, -0.2) is 8.78 Å². The van der Waals surface area contributed by atoms with Crippen LogP contribution in [0.2, 0.25) is 0 Å². The molecule has 1 saturated carbocycles. The summed E-state index contributed by atoms with van der Waals surface area (Å²) in [6.45, 7) is 4.17. The molecule has 1 N–H and O–H groups in total. The van der Waals surface area contributed by atoms with Gasteiger partial charge < -0.3 is 5.32 Å². The molecule has 20 heavy (non-hydrogen) atoms. The second-order valence-electron chi connectivity index (χ2n) is 6.03. The average Bonchev–Trinajstić information content (AvgIpc) is 2.66. The van der Waals surface area contributed by atoms with Crippen molar-refractivity contribution in [1.29, 1.82) is 0 Å². The molecule has 2 rings (SSSR count). The molecule has 0 spiro atoms. The second-order valence-corrected chi connectivity index (χ2v) is 6.03. The van der Waals surface area contributed by atoms with Crippen molar-refractivity contribution in [2.45, 2.75) is 64.5 Å². The molecule has 1 aliphatic carbocycles. The van der Waals surface area contributed by atoms with Crippen molar-refractivity contribution < 1.29 is 8.78 Å². The lowest BCUT2D eigenvalue weighted by Crippen LogP contribution is -2.31. The van der Waals surface area contributed by atoms with Crippen molar-refractivity contribution in [3.05, 3.63) is 35.4 Å². The van der Waals surface area contributed by atoms with E-state index >= 15 is 0 Å². The Kier molecular flexibility index (Phi) is 5.53. The monoisotopic (exact) mass is 281 g/mol. The third kappa shape index (κ3) is 4.02. The second kappa shape index (κ2) is 7.16. The standard InChI is InChI=1S/C17H25F2N/c1-3-13-5-4-6-15(9-7-13)20-12(2)16-11-14(18)8-10-17(16)19/h8,10-13,15,20H,3-7,9H2,1-2H3. The van der Waals surface area contributed by atoms with Gasteiger partial charge in [0.1, 0.15) is 11.6 Å². The maximum absolute atomic E-state index is 13.8. The Balaban J connectivity index is 1.97. The van der Waals surface area contributed by atoms with Crippen LogP contribution in [0.1, 0.15) is 64.0 Å². The van der Waals surface area contributed by atoms with E-state index in [1.54, 1.807) is 0 Å². The zero-order valence-electron chi connectivity index (χ0n) is 12.5. The predicted molar refractivity (Wildman–Crippen MR) is 78.6 cm³/mol. The highest BCUT2D eigenvalue weighted by atomic mass is 19.1. The lowest BCUT2D eigenvalue weighted by Gasteiger charge is -2.23. The predicted octanol–water partition coefficient (Wildman–Crippen LogP) is 4.97. The van der Waals surface area contributed by atoms with Crippen molar-refractivity contribution in [3.8, 4) is 0 Å². The minimum absolute atomic E-state index is 0.145. The zero-order valence-corrected chi connectivity index (χ0v) is 12.5. The summed E-state index contributed by atoms with van der Waals surface area (Å²) in [6, 6.07) is 3.96. The Bertz CT molecular complexity index is 433. The molecule has 0 radical (unpaired) electrons. The molecule has 0 amide bonds. The van der Waals surface area contributed by atoms with E-state index in [2.05, 4.69) is 12.2 Å². The first-order chi connectivity index (χ1) is 9.60. The van der Waals surface area contributed by atoms with Crippen LogP contribution in [0.15, 0.2) is 18.2 Å². The summed E-state index contributed by atoms with van der Waals surface area (Å²) in [5, 5.41) is 3.48. The van der Waals surface area contributed by atoms with Crippen molar-refractivity contribution >= 4 is 0 Å². The first kappa shape index (κ1) is 15.4. The maximum atomic E-state index is 13.8. The average molecular weight is 281 g/mol. The van der Waals surface area contributed by atoms with Crippen LogP contribution >= 0.6 is 0 Å². The van der Waals surface area contributed by atoms with E-state index in [9.17, 15) is 8.78 Å². The van der Waals surface area contributed by atoms with Gasteiger partial charge >= 0.3 is 0 Å². The summed E-state index contributed by atoms with van der Waals surface area (Å²) in [5.74, 6) is 0.136. The first-order valence-corrected chi connectivity index (χ1v) is 7.81. The lowest BCUT2D eigenvalue weighted by molar-refractivity contribution is 0.393. The molecule has 1 aromatic rings. The summed E-state index contributed by atoms with van der Waals surface area (Å²) >= 11 is 0. The molecular formula is C17H25F2N. The van der Waals surface area contributed by atoms with E-state index < -0.39 is 0 Å². The number of nitrogens with one attached hydrogen (secondary N) is 1. The Hall–Kier alpha value is -0.960. The molecule has 1 fully saturated rings. The van der Waals surface area contributed by atoms with Crippen molar-refractivity contribution in [1.82, 2.24) is 5.32 Å². The summed E-state index contributed by atoms with van der Waals surface area (Å²) in [4.78, 5) is 0. The molecule has 3 heteroatoms. The summed E-state index contributed by atoms with van der Waals surface area (Å²) in [7, 11) is 0. The van der Waals surface area contributed by atoms with Crippen LogP contribution in [-0.2, 0) is 0 Å². The minimum atomic E-state index is -0.373. The molecule has 112 valence electrons. The van der Waals surface area contributed by atoms with Crippen LogP contribution in [-0.4, -0.2) is 6.04 Å². The normalized spacial score (nSPS) is 25.2. The van der Waals surface area contributed by atoms with Gasteiger partial charge in [0.05, 0.1) is 0 Å². The van der Waals surface area contributed by atoms with Gasteiger partial charge in [0.25, 0.3) is 0 Å². The fraction of sp³-hybridized carbons (Fsp3) is 0.647. The van der Waals surface area contributed by atoms with E-state index in [1.165, 1.54) is 43.9 Å². The largest absolute Gasteiger partial charge is 0.307 e. The van der Waals surface area contributed by atoms with Gasteiger partial charge in [-0.2, -0.15) is 0 Å². The molecular weight excluding hydrogens is 256 g/mol. The van der Waals surface area contributed by atoms with E-state index in [0.717, 1.165) is 18.8 Å². The maximum Gasteiger partial charge on any atom is 0.128 e. The molecule has 1 aliphatic rings. The third-order valence-electron chi connectivity index (χ3n) is 4.58. The highest BCUT2D eigenvalue weighted by Gasteiger charge is 2.20. The Morgan fingerprint density at radius 1 is 1.20 bits per heavy atom. The summed E-state index contributed by atoms with van der Waals surface area (Å²) in [6.07, 6.45) is 7.30. The van der Waals surface area contributed by atoms with Crippen LogP contribution in [0.5, 0.6) is 0 Å². The van der Waals surface area contributed by atoms with Crippen LogP contribution in [0.3, 0.4) is 0 Å². The minimum Gasteiger partial charge on any atom is -0.307 e. The first-order valence-electron chi connectivity index (χ1n) is 7.81. The van der Waals surface area contributed by atoms with Gasteiger partial charge in [0.2, 0.25) is 0 Å². The van der Waals surface area contributed by atoms with E-state index in [0.29, 0.717) is 11.6 Å². The SMILES string of the molecule is CCC1CCCC(NC(C)c2cc(F)ccc2F)CC1. The fourth-order valence-corrected chi connectivity index (χ4v) is 3.24. The van der Waals surface area contributed by atoms with Crippen LogP contribution in [0.4, 0.5) is 8.78 Å². The number of hydrogen-bond acceptors (Lipinski definition) is 1. The number of rotatable bonds is 4. The molecule has 0 saturated heterocycles. The van der Waals surface area contributed by atoms with Gasteiger partial charge in [0.15, 0.2) is 0 Å². The zero-order chi connectivity index (χ0) is 14.5. The van der Waals surface area contributed by atoms with Crippen LogP contribution in [0.25, 0.3) is 0 Å². The summed E-state index contributed by atoms with van der Waals surface area (Å²) < 4.78 is 27.0. The molecule has 0 heterocycles. The van der Waals surface area contributed by atoms with Gasteiger partial charge in [-0.1, -0.05) is 26.2 Å². The van der Waals surface area contributed by atoms with Gasteiger partial charge in [0, 0.05) is 17.6 Å². The molecule has 1 nitrogen and oxygen atoms in total. The topological polar surface area (TPSA) is 12.0 Å².